The van der Waals surface area contributed by atoms with E-state index in [2.05, 4.69) is 59.4 Å². The first-order chi connectivity index (χ1) is 9.06. The van der Waals surface area contributed by atoms with Crippen molar-refractivity contribution in [2.75, 3.05) is 0 Å². The maximum Gasteiger partial charge on any atom is 0.124 e. The van der Waals surface area contributed by atoms with Crippen LogP contribution < -0.4 is 5.32 Å². The van der Waals surface area contributed by atoms with Crippen molar-refractivity contribution in [2.45, 2.75) is 26.4 Å². The zero-order chi connectivity index (χ0) is 13.8. The van der Waals surface area contributed by atoms with E-state index in [0.29, 0.717) is 0 Å². The van der Waals surface area contributed by atoms with Crippen molar-refractivity contribution in [1.29, 1.82) is 0 Å². The second-order valence-corrected chi connectivity index (χ2v) is 5.61. The molecule has 0 fully saturated rings. The van der Waals surface area contributed by atoms with Gasteiger partial charge in [-0.1, -0.05) is 51.8 Å². The Kier molecular flexibility index (Phi) is 4.72. The van der Waals surface area contributed by atoms with Crippen LogP contribution in [0.15, 0.2) is 46.9 Å². The highest BCUT2D eigenvalue weighted by Crippen LogP contribution is 2.24. The van der Waals surface area contributed by atoms with Gasteiger partial charge < -0.3 is 5.32 Å². The van der Waals surface area contributed by atoms with Gasteiger partial charge in [0.05, 0.1) is 0 Å². The van der Waals surface area contributed by atoms with Crippen LogP contribution in [0, 0.1) is 12.7 Å². The van der Waals surface area contributed by atoms with Crippen molar-refractivity contribution in [1.82, 2.24) is 5.32 Å². The molecule has 0 aromatic heterocycles. The second kappa shape index (κ2) is 6.31. The monoisotopic (exact) mass is 321 g/mol. The normalized spacial score (nSPS) is 12.4. The van der Waals surface area contributed by atoms with E-state index >= 15 is 0 Å². The summed E-state index contributed by atoms with van der Waals surface area (Å²) < 4.78 is 13.9. The molecule has 0 aliphatic heterocycles. The minimum absolute atomic E-state index is 0.162. The Balaban J connectivity index is 2.03. The third-order valence-corrected chi connectivity index (χ3v) is 3.81. The predicted octanol–water partition coefficient (Wildman–Crippen LogP) is 4.75. The lowest BCUT2D eigenvalue weighted by Gasteiger charge is -2.16. The molecule has 0 bridgehead atoms. The molecule has 1 nitrogen and oxygen atoms in total. The molecular weight excluding hydrogens is 305 g/mol. The summed E-state index contributed by atoms with van der Waals surface area (Å²) in [4.78, 5) is 0. The summed E-state index contributed by atoms with van der Waals surface area (Å²) >= 11 is 3.41. The van der Waals surface area contributed by atoms with Gasteiger partial charge in [0.15, 0.2) is 0 Å². The van der Waals surface area contributed by atoms with E-state index in [4.69, 9.17) is 0 Å². The van der Waals surface area contributed by atoms with Crippen LogP contribution in [-0.2, 0) is 6.54 Å². The fourth-order valence-corrected chi connectivity index (χ4v) is 2.75. The van der Waals surface area contributed by atoms with Crippen molar-refractivity contribution in [3.05, 3.63) is 69.4 Å². The molecule has 1 N–H and O–H groups in total. The SMILES string of the molecule is Cc1cccc(CNC(C)c2ccc(F)cc2Br)c1. The highest BCUT2D eigenvalue weighted by atomic mass is 79.9. The van der Waals surface area contributed by atoms with Crippen LogP contribution in [0.5, 0.6) is 0 Å². The molecule has 3 heteroatoms. The first-order valence-corrected chi connectivity index (χ1v) is 7.09. The van der Waals surface area contributed by atoms with Crippen LogP contribution in [-0.4, -0.2) is 0 Å². The Morgan fingerprint density at radius 1 is 1.21 bits per heavy atom. The number of hydrogen-bond donors (Lipinski definition) is 1. The van der Waals surface area contributed by atoms with E-state index in [1.54, 1.807) is 0 Å². The molecule has 0 heterocycles. The minimum Gasteiger partial charge on any atom is -0.306 e. The number of nitrogens with one attached hydrogen (secondary N) is 1. The first-order valence-electron chi connectivity index (χ1n) is 6.30. The number of rotatable bonds is 4. The van der Waals surface area contributed by atoms with E-state index in [1.807, 2.05) is 6.07 Å². The Bertz CT molecular complexity index is 568. The summed E-state index contributed by atoms with van der Waals surface area (Å²) in [6, 6.07) is 13.4. The van der Waals surface area contributed by atoms with Crippen molar-refractivity contribution in [2.24, 2.45) is 0 Å². The quantitative estimate of drug-likeness (QED) is 0.857. The van der Waals surface area contributed by atoms with Gasteiger partial charge in [0.1, 0.15) is 5.82 Å². The summed E-state index contributed by atoms with van der Waals surface area (Å²) in [7, 11) is 0. The number of hydrogen-bond acceptors (Lipinski definition) is 1. The lowest BCUT2D eigenvalue weighted by atomic mass is 10.1. The highest BCUT2D eigenvalue weighted by molar-refractivity contribution is 9.10. The van der Waals surface area contributed by atoms with Crippen LogP contribution in [0.4, 0.5) is 4.39 Å². The summed E-state index contributed by atoms with van der Waals surface area (Å²) in [5, 5.41) is 3.45. The molecule has 2 rings (SSSR count). The zero-order valence-electron chi connectivity index (χ0n) is 11.1. The van der Waals surface area contributed by atoms with E-state index in [-0.39, 0.29) is 11.9 Å². The molecule has 2 aromatic rings. The summed E-state index contributed by atoms with van der Waals surface area (Å²) in [5.41, 5.74) is 3.58. The number of benzene rings is 2. The van der Waals surface area contributed by atoms with Crippen molar-refractivity contribution < 1.29 is 4.39 Å². The molecule has 1 unspecified atom stereocenters. The standard InChI is InChI=1S/C16H17BrFN/c1-11-4-3-5-13(8-11)10-19-12(2)15-7-6-14(18)9-16(15)17/h3-9,12,19H,10H2,1-2H3. The molecule has 0 saturated carbocycles. The molecule has 0 aliphatic carbocycles. The Morgan fingerprint density at radius 3 is 2.68 bits per heavy atom. The number of aryl methyl sites for hydroxylation is 1. The molecule has 0 amide bonds. The zero-order valence-corrected chi connectivity index (χ0v) is 12.7. The van der Waals surface area contributed by atoms with E-state index in [0.717, 1.165) is 16.6 Å². The highest BCUT2D eigenvalue weighted by Gasteiger charge is 2.09. The summed E-state index contributed by atoms with van der Waals surface area (Å²) in [6.07, 6.45) is 0. The molecule has 1 atom stereocenters. The third kappa shape index (κ3) is 3.88. The van der Waals surface area contributed by atoms with E-state index < -0.39 is 0 Å². The van der Waals surface area contributed by atoms with Crippen LogP contribution >= 0.6 is 15.9 Å². The summed E-state index contributed by atoms with van der Waals surface area (Å²) in [6.45, 7) is 4.96. The average Bonchev–Trinajstić information content (AvgIpc) is 2.36. The van der Waals surface area contributed by atoms with Crippen LogP contribution in [0.1, 0.15) is 29.7 Å². The first kappa shape index (κ1) is 14.2. The second-order valence-electron chi connectivity index (χ2n) is 4.76. The number of halogens is 2. The Morgan fingerprint density at radius 2 is 2.00 bits per heavy atom. The van der Waals surface area contributed by atoms with Crippen molar-refractivity contribution >= 4 is 15.9 Å². The Labute approximate surface area is 122 Å². The average molecular weight is 322 g/mol. The lowest BCUT2D eigenvalue weighted by molar-refractivity contribution is 0.568. The van der Waals surface area contributed by atoms with Crippen molar-refractivity contribution in [3.8, 4) is 0 Å². The molecular formula is C16H17BrFN. The van der Waals surface area contributed by atoms with Gasteiger partial charge in [-0.25, -0.2) is 4.39 Å². The van der Waals surface area contributed by atoms with Gasteiger partial charge in [-0.3, -0.25) is 0 Å². The fraction of sp³-hybridized carbons (Fsp3) is 0.250. The fourth-order valence-electron chi connectivity index (χ4n) is 2.06. The van der Waals surface area contributed by atoms with Gasteiger partial charge in [0.25, 0.3) is 0 Å². The van der Waals surface area contributed by atoms with Gasteiger partial charge in [-0.15, -0.1) is 0 Å². The lowest BCUT2D eigenvalue weighted by Crippen LogP contribution is -2.18. The van der Waals surface area contributed by atoms with E-state index in [9.17, 15) is 4.39 Å². The van der Waals surface area contributed by atoms with Gasteiger partial charge >= 0.3 is 0 Å². The Hall–Kier alpha value is -1.19. The topological polar surface area (TPSA) is 12.0 Å². The molecule has 19 heavy (non-hydrogen) atoms. The van der Waals surface area contributed by atoms with Gasteiger partial charge in [-0.05, 0) is 37.1 Å². The van der Waals surface area contributed by atoms with Crippen LogP contribution in [0.2, 0.25) is 0 Å². The minimum atomic E-state index is -0.221. The molecule has 2 aromatic carbocycles. The van der Waals surface area contributed by atoms with Crippen LogP contribution in [0.3, 0.4) is 0 Å². The molecule has 0 saturated heterocycles. The third-order valence-electron chi connectivity index (χ3n) is 3.12. The molecule has 100 valence electrons. The maximum absolute atomic E-state index is 13.1. The van der Waals surface area contributed by atoms with Crippen molar-refractivity contribution in [3.63, 3.8) is 0 Å². The largest absolute Gasteiger partial charge is 0.306 e. The van der Waals surface area contributed by atoms with Gasteiger partial charge in [0.2, 0.25) is 0 Å². The molecule has 0 radical (unpaired) electrons. The van der Waals surface area contributed by atoms with E-state index in [1.165, 1.54) is 23.3 Å². The van der Waals surface area contributed by atoms with Gasteiger partial charge in [0, 0.05) is 17.1 Å². The summed E-state index contributed by atoms with van der Waals surface area (Å²) in [5.74, 6) is -0.221. The molecule has 0 spiro atoms. The maximum atomic E-state index is 13.1. The predicted molar refractivity (Wildman–Crippen MR) is 80.5 cm³/mol. The van der Waals surface area contributed by atoms with Crippen LogP contribution in [0.25, 0.3) is 0 Å². The smallest absolute Gasteiger partial charge is 0.124 e. The molecule has 0 aliphatic rings. The van der Waals surface area contributed by atoms with Gasteiger partial charge in [-0.2, -0.15) is 0 Å².